The summed E-state index contributed by atoms with van der Waals surface area (Å²) in [6.45, 7) is 3.92. The fourth-order valence-corrected chi connectivity index (χ4v) is 3.05. The Kier molecular flexibility index (Phi) is 5.93. The van der Waals surface area contributed by atoms with Crippen LogP contribution in [0.3, 0.4) is 0 Å². The maximum atomic E-state index is 13.1. The molecule has 0 fully saturated rings. The van der Waals surface area contributed by atoms with Gasteiger partial charge in [0.15, 0.2) is 0 Å². The minimum Gasteiger partial charge on any atom is -0.477 e. The number of aromatic nitrogens is 1. The van der Waals surface area contributed by atoms with Gasteiger partial charge in [0, 0.05) is 16.3 Å². The monoisotopic (exact) mass is 391 g/mol. The van der Waals surface area contributed by atoms with Gasteiger partial charge in [-0.15, -0.1) is 0 Å². The molecule has 3 rings (SSSR count). The molecule has 0 aliphatic rings. The molecule has 0 aliphatic heterocycles. The van der Waals surface area contributed by atoms with Crippen molar-refractivity contribution in [1.29, 1.82) is 5.26 Å². The van der Waals surface area contributed by atoms with Gasteiger partial charge in [-0.2, -0.15) is 5.26 Å². The molecule has 2 aromatic carbocycles. The van der Waals surface area contributed by atoms with E-state index in [-0.39, 0.29) is 17.4 Å². The number of ether oxygens (including phenoxy) is 1. The zero-order valence-electron chi connectivity index (χ0n) is 15.5. The fraction of sp³-hybridized carbons (Fsp3) is 0.136. The van der Waals surface area contributed by atoms with Crippen molar-refractivity contribution in [2.45, 2.75) is 13.8 Å². The van der Waals surface area contributed by atoms with E-state index in [9.17, 15) is 10.1 Å². The third kappa shape index (κ3) is 3.98. The number of halogens is 1. The van der Waals surface area contributed by atoms with Crippen LogP contribution in [0.4, 0.5) is 5.69 Å². The van der Waals surface area contributed by atoms with Crippen LogP contribution in [0.5, 0.6) is 5.88 Å². The lowest BCUT2D eigenvalue weighted by molar-refractivity contribution is 0.102. The molecular formula is C22H18ClN3O2. The number of hydrogen-bond acceptors (Lipinski definition) is 4. The molecule has 6 heteroatoms. The van der Waals surface area contributed by atoms with Gasteiger partial charge < -0.3 is 10.1 Å². The number of nitrogens with one attached hydrogen (secondary N) is 1. The molecule has 0 spiro atoms. The van der Waals surface area contributed by atoms with Crippen molar-refractivity contribution in [3.63, 3.8) is 0 Å². The number of pyridine rings is 1. The van der Waals surface area contributed by atoms with Gasteiger partial charge in [0.1, 0.15) is 11.6 Å². The lowest BCUT2D eigenvalue weighted by Gasteiger charge is -2.17. The molecule has 1 amide bonds. The van der Waals surface area contributed by atoms with E-state index in [1.807, 2.05) is 37.3 Å². The quantitative estimate of drug-likeness (QED) is 0.645. The second kappa shape index (κ2) is 8.55. The Morgan fingerprint density at radius 2 is 1.86 bits per heavy atom. The van der Waals surface area contributed by atoms with Crippen LogP contribution in [-0.2, 0) is 0 Å². The van der Waals surface area contributed by atoms with Gasteiger partial charge in [-0.25, -0.2) is 4.98 Å². The number of rotatable bonds is 5. The van der Waals surface area contributed by atoms with Gasteiger partial charge in [-0.3, -0.25) is 4.79 Å². The molecule has 1 N–H and O–H groups in total. The van der Waals surface area contributed by atoms with Gasteiger partial charge in [0.25, 0.3) is 5.91 Å². The second-order valence-electron chi connectivity index (χ2n) is 6.00. The summed E-state index contributed by atoms with van der Waals surface area (Å²) in [6.07, 6.45) is 0. The number of carbonyl (C=O) groups excluding carboxylic acids is 1. The van der Waals surface area contributed by atoms with E-state index in [4.69, 9.17) is 16.3 Å². The molecule has 1 aromatic heterocycles. The summed E-state index contributed by atoms with van der Waals surface area (Å²) in [4.78, 5) is 17.5. The number of amides is 1. The molecule has 0 radical (unpaired) electrons. The largest absolute Gasteiger partial charge is 0.477 e. The highest BCUT2D eigenvalue weighted by Gasteiger charge is 2.24. The Morgan fingerprint density at radius 3 is 2.46 bits per heavy atom. The maximum Gasteiger partial charge on any atom is 0.258 e. The van der Waals surface area contributed by atoms with Crippen LogP contribution in [0.2, 0.25) is 5.02 Å². The zero-order chi connectivity index (χ0) is 20.1. The van der Waals surface area contributed by atoms with E-state index in [0.717, 1.165) is 5.56 Å². The van der Waals surface area contributed by atoms with Gasteiger partial charge >= 0.3 is 0 Å². The first kappa shape index (κ1) is 19.4. The molecule has 1 heterocycles. The van der Waals surface area contributed by atoms with E-state index in [0.29, 0.717) is 34.1 Å². The average molecular weight is 392 g/mol. The smallest absolute Gasteiger partial charge is 0.258 e. The van der Waals surface area contributed by atoms with Crippen molar-refractivity contribution in [3.8, 4) is 23.1 Å². The number of aryl methyl sites for hydroxylation is 1. The number of benzene rings is 2. The third-order valence-corrected chi connectivity index (χ3v) is 4.38. The van der Waals surface area contributed by atoms with Crippen LogP contribution in [0, 0.1) is 18.3 Å². The van der Waals surface area contributed by atoms with Crippen LogP contribution in [0.15, 0.2) is 54.6 Å². The molecular weight excluding hydrogens is 374 g/mol. The van der Waals surface area contributed by atoms with Gasteiger partial charge in [0.05, 0.1) is 17.9 Å². The van der Waals surface area contributed by atoms with Crippen molar-refractivity contribution < 1.29 is 9.53 Å². The summed E-state index contributed by atoms with van der Waals surface area (Å²) >= 11 is 5.91. The molecule has 5 nitrogen and oxygen atoms in total. The summed E-state index contributed by atoms with van der Waals surface area (Å²) in [6, 6.07) is 18.3. The fourth-order valence-electron chi connectivity index (χ4n) is 2.92. The predicted octanol–water partition coefficient (Wildman–Crippen LogP) is 5.23. The summed E-state index contributed by atoms with van der Waals surface area (Å²) < 4.78 is 5.56. The van der Waals surface area contributed by atoms with E-state index in [1.54, 1.807) is 31.2 Å². The van der Waals surface area contributed by atoms with Crippen LogP contribution in [-0.4, -0.2) is 17.5 Å². The van der Waals surface area contributed by atoms with Crippen molar-refractivity contribution in [2.24, 2.45) is 0 Å². The second-order valence-corrected chi connectivity index (χ2v) is 6.44. The topological polar surface area (TPSA) is 75.0 Å². The average Bonchev–Trinajstić information content (AvgIpc) is 2.70. The number of anilines is 1. The summed E-state index contributed by atoms with van der Waals surface area (Å²) in [5, 5.41) is 13.2. The summed E-state index contributed by atoms with van der Waals surface area (Å²) in [7, 11) is 0. The van der Waals surface area contributed by atoms with Crippen LogP contribution in [0.25, 0.3) is 11.1 Å². The SMILES string of the molecule is CCOc1nc(C)c(C(=O)Nc2ccc(Cl)cc2)c(-c2ccccc2)c1C#N. The summed E-state index contributed by atoms with van der Waals surface area (Å²) in [5.41, 5.74) is 2.89. The molecule has 28 heavy (non-hydrogen) atoms. The molecule has 0 aliphatic carbocycles. The third-order valence-electron chi connectivity index (χ3n) is 4.13. The number of nitrogens with zero attached hydrogens (tertiary/aromatic N) is 2. The minimum atomic E-state index is -0.356. The number of hydrogen-bond donors (Lipinski definition) is 1. The maximum absolute atomic E-state index is 13.1. The van der Waals surface area contributed by atoms with E-state index >= 15 is 0 Å². The number of carbonyl (C=O) groups is 1. The molecule has 140 valence electrons. The normalized spacial score (nSPS) is 10.2. The molecule has 0 saturated carbocycles. The predicted molar refractivity (Wildman–Crippen MR) is 110 cm³/mol. The molecule has 0 bridgehead atoms. The van der Waals surface area contributed by atoms with Gasteiger partial charge in [-0.05, 0) is 43.7 Å². The van der Waals surface area contributed by atoms with E-state index in [2.05, 4.69) is 16.4 Å². The Labute approximate surface area is 168 Å². The van der Waals surface area contributed by atoms with Crippen molar-refractivity contribution in [3.05, 3.63) is 76.4 Å². The lowest BCUT2D eigenvalue weighted by atomic mass is 9.94. The highest BCUT2D eigenvalue weighted by atomic mass is 35.5. The van der Waals surface area contributed by atoms with E-state index < -0.39 is 0 Å². The first-order valence-corrected chi connectivity index (χ1v) is 9.12. The molecule has 0 saturated heterocycles. The molecule has 0 atom stereocenters. The van der Waals surface area contributed by atoms with E-state index in [1.165, 1.54) is 0 Å². The van der Waals surface area contributed by atoms with Crippen molar-refractivity contribution in [2.75, 3.05) is 11.9 Å². The minimum absolute atomic E-state index is 0.226. The van der Waals surface area contributed by atoms with Crippen LogP contribution >= 0.6 is 11.6 Å². The molecule has 0 unspecified atom stereocenters. The highest BCUT2D eigenvalue weighted by molar-refractivity contribution is 6.30. The highest BCUT2D eigenvalue weighted by Crippen LogP contribution is 2.34. The Bertz CT molecular complexity index is 1040. The number of nitriles is 1. The lowest BCUT2D eigenvalue weighted by Crippen LogP contribution is -2.17. The standard InChI is InChI=1S/C22H18ClN3O2/c1-3-28-22-18(13-24)20(15-7-5-4-6-8-15)19(14(2)25-22)21(27)26-17-11-9-16(23)10-12-17/h4-12H,3H2,1-2H3,(H,26,27). The van der Waals surface area contributed by atoms with Gasteiger partial charge in [0.2, 0.25) is 5.88 Å². The molecule has 3 aromatic rings. The Balaban J connectivity index is 2.17. The summed E-state index contributed by atoms with van der Waals surface area (Å²) in [5.74, 6) is -0.130. The first-order chi connectivity index (χ1) is 13.5. The van der Waals surface area contributed by atoms with Crippen LogP contribution in [0.1, 0.15) is 28.5 Å². The Hall–Kier alpha value is -3.36. The zero-order valence-corrected chi connectivity index (χ0v) is 16.2. The van der Waals surface area contributed by atoms with Crippen LogP contribution < -0.4 is 10.1 Å². The first-order valence-electron chi connectivity index (χ1n) is 8.75. The van der Waals surface area contributed by atoms with Gasteiger partial charge in [-0.1, -0.05) is 41.9 Å². The Morgan fingerprint density at radius 1 is 1.18 bits per heavy atom. The van der Waals surface area contributed by atoms with Crippen molar-refractivity contribution >= 4 is 23.2 Å². The van der Waals surface area contributed by atoms with Crippen molar-refractivity contribution in [1.82, 2.24) is 4.98 Å².